The SMILES string of the molecule is COC(=O)C1CCN(C(=O)C2(C#N)CC2)C1. The van der Waals surface area contributed by atoms with Crippen LogP contribution in [0.4, 0.5) is 0 Å². The Morgan fingerprint density at radius 3 is 2.69 bits per heavy atom. The van der Waals surface area contributed by atoms with Gasteiger partial charge in [0, 0.05) is 13.1 Å². The second-order valence-corrected chi connectivity index (χ2v) is 4.45. The highest BCUT2D eigenvalue weighted by atomic mass is 16.5. The third-order valence-electron chi connectivity index (χ3n) is 3.38. The van der Waals surface area contributed by atoms with Crippen LogP contribution in [0.3, 0.4) is 0 Å². The standard InChI is InChI=1S/C11H14N2O3/c1-16-9(14)8-2-5-13(6-8)10(15)11(7-12)3-4-11/h8H,2-6H2,1H3. The molecule has 1 amide bonds. The molecule has 1 saturated carbocycles. The van der Waals surface area contributed by atoms with E-state index in [2.05, 4.69) is 10.8 Å². The summed E-state index contributed by atoms with van der Waals surface area (Å²) in [6.07, 6.45) is 1.95. The fourth-order valence-electron chi connectivity index (χ4n) is 2.10. The molecule has 0 radical (unpaired) electrons. The smallest absolute Gasteiger partial charge is 0.310 e. The summed E-state index contributed by atoms with van der Waals surface area (Å²) < 4.78 is 4.65. The Morgan fingerprint density at radius 2 is 2.19 bits per heavy atom. The number of ether oxygens (including phenoxy) is 1. The summed E-state index contributed by atoms with van der Waals surface area (Å²) >= 11 is 0. The lowest BCUT2D eigenvalue weighted by Gasteiger charge is -2.18. The minimum Gasteiger partial charge on any atom is -0.469 e. The summed E-state index contributed by atoms with van der Waals surface area (Å²) in [5, 5.41) is 8.92. The Balaban J connectivity index is 1.97. The molecule has 5 nitrogen and oxygen atoms in total. The van der Waals surface area contributed by atoms with Crippen molar-refractivity contribution < 1.29 is 14.3 Å². The Kier molecular flexibility index (Phi) is 2.58. The van der Waals surface area contributed by atoms with E-state index in [1.807, 2.05) is 0 Å². The van der Waals surface area contributed by atoms with Crippen molar-refractivity contribution in [1.82, 2.24) is 4.90 Å². The third-order valence-corrected chi connectivity index (χ3v) is 3.38. The normalized spacial score (nSPS) is 26.0. The lowest BCUT2D eigenvalue weighted by Crippen LogP contribution is -2.35. The molecule has 1 atom stereocenters. The van der Waals surface area contributed by atoms with Crippen LogP contribution >= 0.6 is 0 Å². The fourth-order valence-corrected chi connectivity index (χ4v) is 2.10. The van der Waals surface area contributed by atoms with Crippen LogP contribution in [0.2, 0.25) is 0 Å². The molecule has 5 heteroatoms. The molecule has 0 aromatic carbocycles. The maximum absolute atomic E-state index is 12.0. The van der Waals surface area contributed by atoms with Crippen LogP contribution in [0.5, 0.6) is 0 Å². The molecule has 2 aliphatic rings. The number of rotatable bonds is 2. The summed E-state index contributed by atoms with van der Waals surface area (Å²) in [5.74, 6) is -0.595. The molecule has 0 bridgehead atoms. The molecule has 2 rings (SSSR count). The summed E-state index contributed by atoms with van der Waals surface area (Å²) in [6, 6.07) is 2.08. The molecule has 0 N–H and O–H groups in total. The van der Waals surface area contributed by atoms with E-state index in [0.29, 0.717) is 32.4 Å². The minimum atomic E-state index is -0.773. The lowest BCUT2D eigenvalue weighted by molar-refractivity contribution is -0.145. The van der Waals surface area contributed by atoms with Crippen molar-refractivity contribution in [3.8, 4) is 6.07 Å². The average molecular weight is 222 g/mol. The van der Waals surface area contributed by atoms with Crippen LogP contribution in [-0.4, -0.2) is 37.0 Å². The molecule has 1 unspecified atom stereocenters. The molecule has 0 spiro atoms. The number of amides is 1. The third kappa shape index (κ3) is 1.64. The first-order valence-electron chi connectivity index (χ1n) is 5.41. The van der Waals surface area contributed by atoms with Gasteiger partial charge < -0.3 is 9.64 Å². The van der Waals surface area contributed by atoms with Gasteiger partial charge in [-0.25, -0.2) is 0 Å². The number of likely N-dealkylation sites (tertiary alicyclic amines) is 1. The van der Waals surface area contributed by atoms with Crippen molar-refractivity contribution in [3.63, 3.8) is 0 Å². The van der Waals surface area contributed by atoms with Crippen LogP contribution in [0.25, 0.3) is 0 Å². The molecule has 16 heavy (non-hydrogen) atoms. The van der Waals surface area contributed by atoms with E-state index in [9.17, 15) is 9.59 Å². The number of carbonyl (C=O) groups is 2. The summed E-state index contributed by atoms with van der Waals surface area (Å²) in [6.45, 7) is 0.955. The summed E-state index contributed by atoms with van der Waals surface area (Å²) in [7, 11) is 1.35. The molecule has 0 aromatic rings. The van der Waals surface area contributed by atoms with Gasteiger partial charge in [-0.2, -0.15) is 5.26 Å². The van der Waals surface area contributed by atoms with Crippen LogP contribution in [0.15, 0.2) is 0 Å². The number of carbonyl (C=O) groups excluding carboxylic acids is 2. The van der Waals surface area contributed by atoms with Crippen LogP contribution in [0.1, 0.15) is 19.3 Å². The van der Waals surface area contributed by atoms with Crippen molar-refractivity contribution in [3.05, 3.63) is 0 Å². The molecule has 86 valence electrons. The second kappa shape index (κ2) is 3.78. The van der Waals surface area contributed by atoms with Gasteiger partial charge in [-0.3, -0.25) is 9.59 Å². The first-order chi connectivity index (χ1) is 7.63. The molecule has 1 saturated heterocycles. The fraction of sp³-hybridized carbons (Fsp3) is 0.727. The Labute approximate surface area is 94.0 Å². The van der Waals surface area contributed by atoms with E-state index in [0.717, 1.165) is 0 Å². The minimum absolute atomic E-state index is 0.110. The number of methoxy groups -OCH3 is 1. The van der Waals surface area contributed by atoms with Gasteiger partial charge in [-0.1, -0.05) is 0 Å². The van der Waals surface area contributed by atoms with E-state index < -0.39 is 5.41 Å². The number of nitrogens with zero attached hydrogens (tertiary/aromatic N) is 2. The second-order valence-electron chi connectivity index (χ2n) is 4.45. The maximum atomic E-state index is 12.0. The largest absolute Gasteiger partial charge is 0.469 e. The number of esters is 1. The van der Waals surface area contributed by atoms with Gasteiger partial charge in [0.15, 0.2) is 0 Å². The van der Waals surface area contributed by atoms with Crippen LogP contribution in [-0.2, 0) is 14.3 Å². The predicted octanol–water partition coefficient (Wildman–Crippen LogP) is 0.312. The van der Waals surface area contributed by atoms with Crippen molar-refractivity contribution in [2.75, 3.05) is 20.2 Å². The van der Waals surface area contributed by atoms with Gasteiger partial charge in [-0.05, 0) is 19.3 Å². The summed E-state index contributed by atoms with van der Waals surface area (Å²) in [4.78, 5) is 24.9. The Morgan fingerprint density at radius 1 is 1.50 bits per heavy atom. The van der Waals surface area contributed by atoms with Crippen molar-refractivity contribution >= 4 is 11.9 Å². The van der Waals surface area contributed by atoms with E-state index in [-0.39, 0.29) is 17.8 Å². The molecule has 1 heterocycles. The topological polar surface area (TPSA) is 70.4 Å². The zero-order chi connectivity index (χ0) is 11.8. The molecule has 1 aliphatic carbocycles. The van der Waals surface area contributed by atoms with Gasteiger partial charge in [0.2, 0.25) is 5.91 Å². The number of hydrogen-bond donors (Lipinski definition) is 0. The van der Waals surface area contributed by atoms with E-state index in [4.69, 9.17) is 5.26 Å². The first kappa shape index (κ1) is 10.9. The van der Waals surface area contributed by atoms with Gasteiger partial charge in [0.1, 0.15) is 5.41 Å². The molecule has 1 aliphatic heterocycles. The number of nitriles is 1. The zero-order valence-electron chi connectivity index (χ0n) is 9.23. The van der Waals surface area contributed by atoms with E-state index in [1.54, 1.807) is 4.90 Å². The molecule has 0 aromatic heterocycles. The van der Waals surface area contributed by atoms with E-state index in [1.165, 1.54) is 7.11 Å². The first-order valence-corrected chi connectivity index (χ1v) is 5.41. The van der Waals surface area contributed by atoms with Gasteiger partial charge in [-0.15, -0.1) is 0 Å². The maximum Gasteiger partial charge on any atom is 0.310 e. The highest BCUT2D eigenvalue weighted by molar-refractivity contribution is 5.89. The average Bonchev–Trinajstić information content (AvgIpc) is 2.97. The Hall–Kier alpha value is -1.57. The van der Waals surface area contributed by atoms with Crippen molar-refractivity contribution in [1.29, 1.82) is 5.26 Å². The molecular weight excluding hydrogens is 208 g/mol. The highest BCUT2D eigenvalue weighted by Gasteiger charge is 2.53. The lowest BCUT2D eigenvalue weighted by atomic mass is 10.1. The van der Waals surface area contributed by atoms with Gasteiger partial charge in [0.25, 0.3) is 0 Å². The zero-order valence-corrected chi connectivity index (χ0v) is 9.23. The molecule has 2 fully saturated rings. The summed E-state index contributed by atoms with van der Waals surface area (Å²) in [5.41, 5.74) is -0.773. The van der Waals surface area contributed by atoms with Crippen molar-refractivity contribution in [2.45, 2.75) is 19.3 Å². The predicted molar refractivity (Wildman–Crippen MR) is 54.0 cm³/mol. The Bertz CT molecular complexity index is 368. The quantitative estimate of drug-likeness (QED) is 0.630. The monoisotopic (exact) mass is 222 g/mol. The van der Waals surface area contributed by atoms with Crippen LogP contribution < -0.4 is 0 Å². The van der Waals surface area contributed by atoms with Crippen molar-refractivity contribution in [2.24, 2.45) is 11.3 Å². The van der Waals surface area contributed by atoms with E-state index >= 15 is 0 Å². The molecular formula is C11H14N2O3. The van der Waals surface area contributed by atoms with Crippen LogP contribution in [0, 0.1) is 22.7 Å². The van der Waals surface area contributed by atoms with Gasteiger partial charge >= 0.3 is 5.97 Å². The highest BCUT2D eigenvalue weighted by Crippen LogP contribution is 2.47. The van der Waals surface area contributed by atoms with Gasteiger partial charge in [0.05, 0.1) is 19.1 Å². The number of hydrogen-bond acceptors (Lipinski definition) is 4.